The summed E-state index contributed by atoms with van der Waals surface area (Å²) in [5.74, 6) is -1.96. The first kappa shape index (κ1) is 15.8. The van der Waals surface area contributed by atoms with E-state index in [0.29, 0.717) is 16.3 Å². The fourth-order valence-corrected chi connectivity index (χ4v) is 1.93. The van der Waals surface area contributed by atoms with E-state index in [2.05, 4.69) is 5.32 Å². The van der Waals surface area contributed by atoms with Gasteiger partial charge in [0.25, 0.3) is 5.91 Å². The summed E-state index contributed by atoms with van der Waals surface area (Å²) in [5.41, 5.74) is 1.75. The summed E-state index contributed by atoms with van der Waals surface area (Å²) in [6.07, 6.45) is 0.889. The molecule has 5 heteroatoms. The summed E-state index contributed by atoms with van der Waals surface area (Å²) < 4.78 is 0. The number of hydrogen-bond acceptors (Lipinski definition) is 3. The molecule has 0 aliphatic carbocycles. The molecule has 0 fully saturated rings. The normalized spacial score (nSPS) is 11.1. The molecule has 4 nitrogen and oxygen atoms in total. The molecule has 0 aromatic heterocycles. The van der Waals surface area contributed by atoms with Crippen LogP contribution in [0.25, 0.3) is 5.76 Å². The molecule has 2 aromatic rings. The maximum atomic E-state index is 11.8. The number of hydrogen-bond donors (Lipinski definition) is 2. The molecule has 1 amide bonds. The third kappa shape index (κ3) is 3.96. The van der Waals surface area contributed by atoms with Gasteiger partial charge in [-0.3, -0.25) is 9.59 Å². The predicted octanol–water partition coefficient (Wildman–Crippen LogP) is 3.76. The molecule has 0 unspecified atom stereocenters. The van der Waals surface area contributed by atoms with Gasteiger partial charge in [0.05, 0.1) is 0 Å². The summed E-state index contributed by atoms with van der Waals surface area (Å²) in [7, 11) is 0. The van der Waals surface area contributed by atoms with Gasteiger partial charge in [-0.25, -0.2) is 0 Å². The molecule has 0 atom stereocenters. The number of anilines is 1. The van der Waals surface area contributed by atoms with Crippen LogP contribution in [-0.4, -0.2) is 16.8 Å². The van der Waals surface area contributed by atoms with Crippen molar-refractivity contribution < 1.29 is 14.7 Å². The number of halogens is 1. The zero-order valence-electron chi connectivity index (χ0n) is 11.8. The maximum absolute atomic E-state index is 11.8. The molecular weight excluding hydrogens is 302 g/mol. The quantitative estimate of drug-likeness (QED) is 0.513. The first-order chi connectivity index (χ1) is 10.5. The van der Waals surface area contributed by atoms with Crippen LogP contribution in [-0.2, 0) is 9.59 Å². The monoisotopic (exact) mass is 315 g/mol. The number of carbonyl (C=O) groups is 2. The molecule has 2 N–H and O–H groups in total. The summed E-state index contributed by atoms with van der Waals surface area (Å²) in [5, 5.41) is 12.8. The summed E-state index contributed by atoms with van der Waals surface area (Å²) in [6.45, 7) is 1.83. The highest BCUT2D eigenvalue weighted by atomic mass is 35.5. The second-order valence-electron chi connectivity index (χ2n) is 4.68. The second-order valence-corrected chi connectivity index (χ2v) is 5.09. The third-order valence-electron chi connectivity index (χ3n) is 2.99. The Morgan fingerprint density at radius 3 is 2.45 bits per heavy atom. The minimum Gasteiger partial charge on any atom is -0.507 e. The van der Waals surface area contributed by atoms with Crippen LogP contribution in [0.15, 0.2) is 54.6 Å². The van der Waals surface area contributed by atoms with Crippen LogP contribution < -0.4 is 5.32 Å². The zero-order valence-corrected chi connectivity index (χ0v) is 12.6. The van der Waals surface area contributed by atoms with Crippen LogP contribution in [0.5, 0.6) is 0 Å². The Hall–Kier alpha value is -2.59. The molecule has 0 aliphatic rings. The van der Waals surface area contributed by atoms with E-state index in [-0.39, 0.29) is 5.76 Å². The van der Waals surface area contributed by atoms with Crippen molar-refractivity contribution in [1.82, 2.24) is 0 Å². The molecule has 112 valence electrons. The van der Waals surface area contributed by atoms with Gasteiger partial charge < -0.3 is 10.4 Å². The van der Waals surface area contributed by atoms with Crippen molar-refractivity contribution >= 4 is 34.7 Å². The minimum atomic E-state index is -0.849. The fourth-order valence-electron chi connectivity index (χ4n) is 1.75. The van der Waals surface area contributed by atoms with E-state index in [0.717, 1.165) is 11.6 Å². The second kappa shape index (κ2) is 6.91. The van der Waals surface area contributed by atoms with Crippen molar-refractivity contribution in [2.24, 2.45) is 0 Å². The molecule has 0 saturated carbocycles. The van der Waals surface area contributed by atoms with E-state index in [1.807, 2.05) is 6.92 Å². The number of rotatable bonds is 4. The largest absolute Gasteiger partial charge is 0.507 e. The zero-order chi connectivity index (χ0) is 16.1. The Morgan fingerprint density at radius 2 is 1.82 bits per heavy atom. The van der Waals surface area contributed by atoms with Gasteiger partial charge in [0.2, 0.25) is 5.78 Å². The Balaban J connectivity index is 2.09. The lowest BCUT2D eigenvalue weighted by Gasteiger charge is -2.05. The molecular formula is C17H14ClNO3. The topological polar surface area (TPSA) is 66.4 Å². The number of aliphatic hydroxyl groups excluding tert-OH is 1. The summed E-state index contributed by atoms with van der Waals surface area (Å²) >= 11 is 5.95. The lowest BCUT2D eigenvalue weighted by molar-refractivity contribution is -0.131. The Morgan fingerprint density at radius 1 is 1.14 bits per heavy atom. The highest BCUT2D eigenvalue weighted by Crippen LogP contribution is 2.20. The third-order valence-corrected chi connectivity index (χ3v) is 3.40. The van der Waals surface area contributed by atoms with Crippen LogP contribution in [0, 0.1) is 6.92 Å². The standard InChI is InChI=1S/C17H14ClNO3/c1-11-7-8-13(9-14(11)18)19-17(22)16(21)10-15(20)12-5-3-2-4-6-12/h2-10,20H,1H3,(H,19,22)/b15-10-. The van der Waals surface area contributed by atoms with Gasteiger partial charge in [0.15, 0.2) is 0 Å². The molecule has 0 spiro atoms. The van der Waals surface area contributed by atoms with Gasteiger partial charge in [-0.2, -0.15) is 0 Å². The molecule has 0 bridgehead atoms. The average molecular weight is 316 g/mol. The van der Waals surface area contributed by atoms with Crippen molar-refractivity contribution in [3.63, 3.8) is 0 Å². The van der Waals surface area contributed by atoms with E-state index in [1.54, 1.807) is 48.5 Å². The van der Waals surface area contributed by atoms with Gasteiger partial charge in [0.1, 0.15) is 5.76 Å². The molecule has 0 aliphatic heterocycles. The van der Waals surface area contributed by atoms with E-state index < -0.39 is 11.7 Å². The lowest BCUT2D eigenvalue weighted by Crippen LogP contribution is -2.21. The van der Waals surface area contributed by atoms with E-state index >= 15 is 0 Å². The summed E-state index contributed by atoms with van der Waals surface area (Å²) in [6, 6.07) is 13.4. The van der Waals surface area contributed by atoms with Crippen LogP contribution >= 0.6 is 11.6 Å². The SMILES string of the molecule is Cc1ccc(NC(=O)C(=O)/C=C(\O)c2ccccc2)cc1Cl. The molecule has 2 aromatic carbocycles. The number of amides is 1. The van der Waals surface area contributed by atoms with Crippen molar-refractivity contribution in [1.29, 1.82) is 0 Å². The first-order valence-corrected chi connectivity index (χ1v) is 6.92. The highest BCUT2D eigenvalue weighted by Gasteiger charge is 2.13. The maximum Gasteiger partial charge on any atom is 0.296 e. The lowest BCUT2D eigenvalue weighted by atomic mass is 10.1. The van der Waals surface area contributed by atoms with Gasteiger partial charge >= 0.3 is 0 Å². The van der Waals surface area contributed by atoms with Gasteiger partial charge in [-0.05, 0) is 24.6 Å². The highest BCUT2D eigenvalue weighted by molar-refractivity contribution is 6.45. The van der Waals surface area contributed by atoms with Gasteiger partial charge in [0, 0.05) is 22.3 Å². The van der Waals surface area contributed by atoms with Crippen molar-refractivity contribution in [3.8, 4) is 0 Å². The number of benzene rings is 2. The molecule has 0 heterocycles. The van der Waals surface area contributed by atoms with Gasteiger partial charge in [-0.15, -0.1) is 0 Å². The number of aliphatic hydroxyl groups is 1. The first-order valence-electron chi connectivity index (χ1n) is 6.55. The van der Waals surface area contributed by atoms with Crippen molar-refractivity contribution in [2.75, 3.05) is 5.32 Å². The number of nitrogens with one attached hydrogen (secondary N) is 1. The van der Waals surface area contributed by atoms with Crippen LogP contribution in [0.1, 0.15) is 11.1 Å². The Bertz CT molecular complexity index is 739. The Kier molecular flexibility index (Phi) is 4.96. The average Bonchev–Trinajstić information content (AvgIpc) is 2.51. The Labute approximate surface area is 133 Å². The predicted molar refractivity (Wildman–Crippen MR) is 86.9 cm³/mol. The van der Waals surface area contributed by atoms with E-state index in [1.165, 1.54) is 0 Å². The van der Waals surface area contributed by atoms with Crippen molar-refractivity contribution in [3.05, 3.63) is 70.8 Å². The van der Waals surface area contributed by atoms with Gasteiger partial charge in [-0.1, -0.05) is 48.0 Å². The number of aryl methyl sites for hydroxylation is 1. The summed E-state index contributed by atoms with van der Waals surface area (Å²) in [4.78, 5) is 23.6. The molecule has 0 radical (unpaired) electrons. The van der Waals surface area contributed by atoms with Crippen LogP contribution in [0.3, 0.4) is 0 Å². The molecule has 2 rings (SSSR count). The number of carbonyl (C=O) groups excluding carboxylic acids is 2. The van der Waals surface area contributed by atoms with Crippen molar-refractivity contribution in [2.45, 2.75) is 6.92 Å². The fraction of sp³-hybridized carbons (Fsp3) is 0.0588. The minimum absolute atomic E-state index is 0.261. The van der Waals surface area contributed by atoms with Crippen LogP contribution in [0.4, 0.5) is 5.69 Å². The van der Waals surface area contributed by atoms with Crippen LogP contribution in [0.2, 0.25) is 5.02 Å². The molecule has 22 heavy (non-hydrogen) atoms. The smallest absolute Gasteiger partial charge is 0.296 e. The number of ketones is 1. The van der Waals surface area contributed by atoms with E-state index in [4.69, 9.17) is 11.6 Å². The molecule has 0 saturated heterocycles. The van der Waals surface area contributed by atoms with E-state index in [9.17, 15) is 14.7 Å².